The zero-order valence-electron chi connectivity index (χ0n) is 7.59. The number of carbonyl (C=O) groups is 2. The lowest BCUT2D eigenvalue weighted by atomic mass is 9.81. The Morgan fingerprint density at radius 1 is 1.54 bits per heavy atom. The third-order valence-electron chi connectivity index (χ3n) is 2.25. The molecule has 0 aromatic rings. The second-order valence-corrected chi connectivity index (χ2v) is 3.14. The third-order valence-corrected chi connectivity index (χ3v) is 2.25. The van der Waals surface area contributed by atoms with E-state index >= 15 is 0 Å². The van der Waals surface area contributed by atoms with Gasteiger partial charge < -0.3 is 4.74 Å². The quantitative estimate of drug-likeness (QED) is 0.492. The predicted octanol–water partition coefficient (Wildman–Crippen LogP) is 1.26. The van der Waals surface area contributed by atoms with Crippen LogP contribution >= 0.6 is 0 Å². The summed E-state index contributed by atoms with van der Waals surface area (Å²) in [5.74, 6) is -1.90. The number of hydrogen-bond donors (Lipinski definition) is 0. The molecule has 0 heterocycles. The van der Waals surface area contributed by atoms with Crippen molar-refractivity contribution in [3.8, 4) is 0 Å². The molecule has 0 aromatic carbocycles. The Morgan fingerprint density at radius 3 is 2.54 bits per heavy atom. The topological polar surface area (TPSA) is 43.4 Å². The maximum Gasteiger partial charge on any atom is 0.348 e. The van der Waals surface area contributed by atoms with E-state index < -0.39 is 17.9 Å². The van der Waals surface area contributed by atoms with E-state index in [1.165, 1.54) is 0 Å². The summed E-state index contributed by atoms with van der Waals surface area (Å²) in [5, 5.41) is 0. The van der Waals surface area contributed by atoms with Crippen molar-refractivity contribution < 1.29 is 18.7 Å². The van der Waals surface area contributed by atoms with Gasteiger partial charge in [0.25, 0.3) is 6.17 Å². The number of ether oxygens (including phenoxy) is 1. The van der Waals surface area contributed by atoms with E-state index in [1.807, 2.05) is 0 Å². The molecule has 0 aromatic heterocycles. The SMILES string of the molecule is CCOC(=O)C(F)C(=O)C1CCC1. The molecule has 0 N–H and O–H groups in total. The Morgan fingerprint density at radius 2 is 2.15 bits per heavy atom. The molecule has 0 radical (unpaired) electrons. The van der Waals surface area contributed by atoms with E-state index in [0.717, 1.165) is 6.42 Å². The number of halogens is 1. The van der Waals surface area contributed by atoms with Gasteiger partial charge in [0.2, 0.25) is 0 Å². The highest BCUT2D eigenvalue weighted by atomic mass is 19.1. The smallest absolute Gasteiger partial charge is 0.348 e. The zero-order valence-corrected chi connectivity index (χ0v) is 7.59. The lowest BCUT2D eigenvalue weighted by Gasteiger charge is -2.24. The largest absolute Gasteiger partial charge is 0.463 e. The van der Waals surface area contributed by atoms with Gasteiger partial charge in [-0.15, -0.1) is 0 Å². The van der Waals surface area contributed by atoms with Crippen LogP contribution in [0.3, 0.4) is 0 Å². The molecule has 0 saturated heterocycles. The van der Waals surface area contributed by atoms with Crippen molar-refractivity contribution >= 4 is 11.8 Å². The Bertz CT molecular complexity index is 211. The number of ketones is 1. The average molecular weight is 188 g/mol. The first kappa shape index (κ1) is 10.2. The first-order valence-electron chi connectivity index (χ1n) is 4.51. The van der Waals surface area contributed by atoms with Crippen LogP contribution in [0.4, 0.5) is 4.39 Å². The van der Waals surface area contributed by atoms with Crippen molar-refractivity contribution in [2.45, 2.75) is 32.4 Å². The Hall–Kier alpha value is -0.930. The van der Waals surface area contributed by atoms with Crippen molar-refractivity contribution in [1.82, 2.24) is 0 Å². The fraction of sp³-hybridized carbons (Fsp3) is 0.778. The summed E-state index contributed by atoms with van der Waals surface area (Å²) in [4.78, 5) is 22.0. The molecule has 1 unspecified atom stereocenters. The fourth-order valence-corrected chi connectivity index (χ4v) is 1.23. The van der Waals surface area contributed by atoms with Crippen molar-refractivity contribution in [1.29, 1.82) is 0 Å². The molecule has 1 atom stereocenters. The maximum absolute atomic E-state index is 13.0. The van der Waals surface area contributed by atoms with E-state index in [1.54, 1.807) is 6.92 Å². The van der Waals surface area contributed by atoms with Crippen molar-refractivity contribution in [3.63, 3.8) is 0 Å². The van der Waals surface area contributed by atoms with Gasteiger partial charge in [-0.2, -0.15) is 0 Å². The minimum atomic E-state index is -2.06. The summed E-state index contributed by atoms with van der Waals surface area (Å²) in [6, 6.07) is 0. The Kier molecular flexibility index (Phi) is 3.39. The summed E-state index contributed by atoms with van der Waals surface area (Å²) in [5.41, 5.74) is 0. The normalized spacial score (nSPS) is 18.9. The molecule has 74 valence electrons. The maximum atomic E-state index is 13.0. The van der Waals surface area contributed by atoms with Crippen LogP contribution in [0.5, 0.6) is 0 Å². The molecule has 0 aliphatic heterocycles. The predicted molar refractivity (Wildman–Crippen MR) is 43.9 cm³/mol. The molecule has 1 fully saturated rings. The number of carbonyl (C=O) groups excluding carboxylic acids is 2. The second-order valence-electron chi connectivity index (χ2n) is 3.14. The average Bonchev–Trinajstić information content (AvgIpc) is 2.00. The standard InChI is InChI=1S/C9H13FO3/c1-2-13-9(12)7(10)8(11)6-4-3-5-6/h6-7H,2-5H2,1H3. The lowest BCUT2D eigenvalue weighted by molar-refractivity contribution is -0.154. The molecule has 13 heavy (non-hydrogen) atoms. The summed E-state index contributed by atoms with van der Waals surface area (Å²) in [6.07, 6.45) is 0.300. The van der Waals surface area contributed by atoms with Gasteiger partial charge in [0.1, 0.15) is 0 Å². The molecule has 1 aliphatic rings. The van der Waals surface area contributed by atoms with Crippen molar-refractivity contribution in [2.75, 3.05) is 6.61 Å². The Balaban J connectivity index is 2.40. The minimum Gasteiger partial charge on any atom is -0.463 e. The number of alkyl halides is 1. The van der Waals surface area contributed by atoms with E-state index in [-0.39, 0.29) is 12.5 Å². The van der Waals surface area contributed by atoms with Crippen LogP contribution in [0.1, 0.15) is 26.2 Å². The summed E-state index contributed by atoms with van der Waals surface area (Å²) >= 11 is 0. The van der Waals surface area contributed by atoms with E-state index in [2.05, 4.69) is 4.74 Å². The number of Topliss-reactive ketones (excluding diaryl/α,β-unsaturated/α-hetero) is 1. The summed E-state index contributed by atoms with van der Waals surface area (Å²) in [7, 11) is 0. The molecule has 3 nitrogen and oxygen atoms in total. The monoisotopic (exact) mass is 188 g/mol. The Labute approximate surface area is 76.3 Å². The van der Waals surface area contributed by atoms with Crippen LogP contribution in [0.2, 0.25) is 0 Å². The number of hydrogen-bond acceptors (Lipinski definition) is 3. The molecule has 1 rings (SSSR count). The lowest BCUT2D eigenvalue weighted by Crippen LogP contribution is -2.35. The van der Waals surface area contributed by atoms with Crippen molar-refractivity contribution in [2.24, 2.45) is 5.92 Å². The molecule has 4 heteroatoms. The van der Waals surface area contributed by atoms with Gasteiger partial charge in [-0.05, 0) is 19.8 Å². The van der Waals surface area contributed by atoms with Crippen LogP contribution in [-0.4, -0.2) is 24.5 Å². The van der Waals surface area contributed by atoms with Gasteiger partial charge in [-0.3, -0.25) is 4.79 Å². The molecule has 0 amide bonds. The molecular weight excluding hydrogens is 175 g/mol. The van der Waals surface area contributed by atoms with Gasteiger partial charge in [-0.1, -0.05) is 6.42 Å². The van der Waals surface area contributed by atoms with E-state index in [4.69, 9.17) is 0 Å². The van der Waals surface area contributed by atoms with Crippen LogP contribution in [0.15, 0.2) is 0 Å². The zero-order chi connectivity index (χ0) is 9.84. The van der Waals surface area contributed by atoms with Gasteiger partial charge in [-0.25, -0.2) is 9.18 Å². The minimum absolute atomic E-state index is 0.108. The van der Waals surface area contributed by atoms with E-state index in [0.29, 0.717) is 12.8 Å². The van der Waals surface area contributed by atoms with Crippen LogP contribution in [0.25, 0.3) is 0 Å². The van der Waals surface area contributed by atoms with Gasteiger partial charge in [0.15, 0.2) is 5.78 Å². The highest BCUT2D eigenvalue weighted by Gasteiger charge is 2.36. The van der Waals surface area contributed by atoms with Crippen LogP contribution in [0, 0.1) is 5.92 Å². The summed E-state index contributed by atoms with van der Waals surface area (Å²) < 4.78 is 17.4. The highest BCUT2D eigenvalue weighted by molar-refractivity contribution is 6.03. The van der Waals surface area contributed by atoms with Gasteiger partial charge >= 0.3 is 5.97 Å². The van der Waals surface area contributed by atoms with Crippen LogP contribution in [-0.2, 0) is 14.3 Å². The number of rotatable bonds is 4. The third kappa shape index (κ3) is 2.26. The molecule has 1 aliphatic carbocycles. The van der Waals surface area contributed by atoms with E-state index in [9.17, 15) is 14.0 Å². The molecule has 0 spiro atoms. The molecular formula is C9H13FO3. The number of esters is 1. The van der Waals surface area contributed by atoms with Gasteiger partial charge in [0.05, 0.1) is 6.61 Å². The fourth-order valence-electron chi connectivity index (χ4n) is 1.23. The second kappa shape index (κ2) is 4.35. The molecule has 1 saturated carbocycles. The first-order chi connectivity index (χ1) is 6.16. The first-order valence-corrected chi connectivity index (χ1v) is 4.51. The summed E-state index contributed by atoms with van der Waals surface area (Å²) in [6.45, 7) is 1.69. The van der Waals surface area contributed by atoms with Crippen LogP contribution < -0.4 is 0 Å². The van der Waals surface area contributed by atoms with Crippen molar-refractivity contribution in [3.05, 3.63) is 0 Å². The molecule has 0 bridgehead atoms. The highest BCUT2D eigenvalue weighted by Crippen LogP contribution is 2.28. The van der Waals surface area contributed by atoms with Gasteiger partial charge in [0, 0.05) is 5.92 Å².